The number of Topliss-reactive ketones (excluding diaryl/α,β-unsaturated/α-hetero) is 1. The smallest absolute Gasteiger partial charge is 0.169 e. The van der Waals surface area contributed by atoms with Crippen LogP contribution in [-0.2, 0) is 6.42 Å². The molecule has 162 valence electrons. The van der Waals surface area contributed by atoms with Crippen LogP contribution in [0.1, 0.15) is 21.1 Å². The minimum absolute atomic E-state index is 0.0435. The fraction of sp³-hybridized carbons (Fsp3) is 0.292. The Kier molecular flexibility index (Phi) is 5.63. The standard InChI is InChI=1S/C24H24N6OS/c1-16-26-15-23(32-16)21-10-18-9-20(27-13-19(18)14-28-21)12-22(31)17-3-4-25-24(11-17)30-7-5-29(2)6-8-30/h3-4,9-11,13-15H,5-8,12H2,1-2H3. The molecule has 0 aliphatic carbocycles. The van der Waals surface area contributed by atoms with E-state index in [1.165, 1.54) is 0 Å². The van der Waals surface area contributed by atoms with Gasteiger partial charge in [-0.25, -0.2) is 9.97 Å². The number of aromatic nitrogens is 4. The van der Waals surface area contributed by atoms with Crippen LogP contribution < -0.4 is 4.90 Å². The molecule has 1 aliphatic rings. The van der Waals surface area contributed by atoms with Gasteiger partial charge in [-0.15, -0.1) is 11.3 Å². The molecular weight excluding hydrogens is 420 g/mol. The monoisotopic (exact) mass is 444 g/mol. The average Bonchev–Trinajstić information content (AvgIpc) is 3.25. The first-order chi connectivity index (χ1) is 15.5. The number of carbonyl (C=O) groups excluding carboxylic acids is 1. The van der Waals surface area contributed by atoms with Gasteiger partial charge in [0, 0.05) is 67.6 Å². The Bertz CT molecular complexity index is 1280. The lowest BCUT2D eigenvalue weighted by Crippen LogP contribution is -2.44. The van der Waals surface area contributed by atoms with Gasteiger partial charge in [0.05, 0.1) is 22.0 Å². The maximum absolute atomic E-state index is 13.0. The number of nitrogens with zero attached hydrogens (tertiary/aromatic N) is 6. The van der Waals surface area contributed by atoms with E-state index in [2.05, 4.69) is 36.8 Å². The molecule has 4 aromatic rings. The average molecular weight is 445 g/mol. The van der Waals surface area contributed by atoms with Gasteiger partial charge in [-0.05, 0) is 43.6 Å². The maximum atomic E-state index is 13.0. The molecule has 5 heterocycles. The SMILES string of the molecule is Cc1ncc(-c2cc3cc(CC(=O)c4ccnc(N5CCN(C)CC5)c4)ncc3cn2)s1. The highest BCUT2D eigenvalue weighted by Crippen LogP contribution is 2.27. The number of piperazine rings is 1. The lowest BCUT2D eigenvalue weighted by Gasteiger charge is -2.33. The van der Waals surface area contributed by atoms with Crippen molar-refractivity contribution in [3.05, 3.63) is 65.3 Å². The summed E-state index contributed by atoms with van der Waals surface area (Å²) >= 11 is 1.62. The number of carbonyl (C=O) groups is 1. The van der Waals surface area contributed by atoms with E-state index in [0.29, 0.717) is 5.56 Å². The van der Waals surface area contributed by atoms with Gasteiger partial charge >= 0.3 is 0 Å². The molecule has 32 heavy (non-hydrogen) atoms. The highest BCUT2D eigenvalue weighted by molar-refractivity contribution is 7.15. The first kappa shape index (κ1) is 20.7. The van der Waals surface area contributed by atoms with E-state index < -0.39 is 0 Å². The van der Waals surface area contributed by atoms with Gasteiger partial charge in [0.25, 0.3) is 0 Å². The molecule has 0 unspecified atom stereocenters. The normalized spacial score (nSPS) is 14.8. The maximum Gasteiger partial charge on any atom is 0.169 e. The van der Waals surface area contributed by atoms with Crippen molar-refractivity contribution in [2.75, 3.05) is 38.1 Å². The summed E-state index contributed by atoms with van der Waals surface area (Å²) in [7, 11) is 2.12. The van der Waals surface area contributed by atoms with Crippen LogP contribution in [0.5, 0.6) is 0 Å². The predicted molar refractivity (Wildman–Crippen MR) is 127 cm³/mol. The number of hydrogen-bond donors (Lipinski definition) is 0. The molecule has 5 rings (SSSR count). The Morgan fingerprint density at radius 1 is 0.969 bits per heavy atom. The summed E-state index contributed by atoms with van der Waals surface area (Å²) in [6.07, 6.45) is 7.43. The van der Waals surface area contributed by atoms with E-state index >= 15 is 0 Å². The van der Waals surface area contributed by atoms with E-state index in [9.17, 15) is 4.79 Å². The van der Waals surface area contributed by atoms with Gasteiger partial charge in [-0.1, -0.05) is 0 Å². The van der Waals surface area contributed by atoms with E-state index in [4.69, 9.17) is 0 Å². The minimum Gasteiger partial charge on any atom is -0.354 e. The molecule has 0 radical (unpaired) electrons. The zero-order valence-corrected chi connectivity index (χ0v) is 19.0. The summed E-state index contributed by atoms with van der Waals surface area (Å²) in [5.41, 5.74) is 2.31. The second-order valence-corrected chi connectivity index (χ2v) is 9.36. The third-order valence-corrected chi connectivity index (χ3v) is 6.71. The molecular formula is C24H24N6OS. The Labute approximate surface area is 190 Å². The second kappa shape index (κ2) is 8.72. The van der Waals surface area contributed by atoms with Gasteiger partial charge in [-0.3, -0.25) is 14.8 Å². The summed E-state index contributed by atoms with van der Waals surface area (Å²) < 4.78 is 0. The highest BCUT2D eigenvalue weighted by atomic mass is 32.1. The van der Waals surface area contributed by atoms with Crippen molar-refractivity contribution >= 4 is 33.7 Å². The molecule has 0 spiro atoms. The molecule has 1 saturated heterocycles. The van der Waals surface area contributed by atoms with Gasteiger partial charge in [0.15, 0.2) is 5.78 Å². The molecule has 0 aromatic carbocycles. The summed E-state index contributed by atoms with van der Waals surface area (Å²) in [6.45, 7) is 5.82. The third-order valence-electron chi connectivity index (χ3n) is 5.77. The van der Waals surface area contributed by atoms with Crippen molar-refractivity contribution in [3.63, 3.8) is 0 Å². The molecule has 0 saturated carbocycles. The first-order valence-electron chi connectivity index (χ1n) is 10.7. The van der Waals surface area contributed by atoms with Crippen LogP contribution in [0.15, 0.2) is 49.1 Å². The van der Waals surface area contributed by atoms with E-state index in [1.54, 1.807) is 29.8 Å². The zero-order valence-electron chi connectivity index (χ0n) is 18.2. The third kappa shape index (κ3) is 4.37. The highest BCUT2D eigenvalue weighted by Gasteiger charge is 2.17. The Hall–Kier alpha value is -3.23. The summed E-state index contributed by atoms with van der Waals surface area (Å²) in [4.78, 5) is 36.4. The number of anilines is 1. The summed E-state index contributed by atoms with van der Waals surface area (Å²) in [6, 6.07) is 7.71. The minimum atomic E-state index is 0.0435. The molecule has 1 aliphatic heterocycles. The van der Waals surface area contributed by atoms with Gasteiger partial charge in [0.1, 0.15) is 5.82 Å². The molecule has 0 amide bonds. The zero-order chi connectivity index (χ0) is 22.1. The van der Waals surface area contributed by atoms with Crippen LogP contribution in [-0.4, -0.2) is 63.8 Å². The fourth-order valence-corrected chi connectivity index (χ4v) is 4.61. The van der Waals surface area contributed by atoms with Gasteiger partial charge in [0.2, 0.25) is 0 Å². The second-order valence-electron chi connectivity index (χ2n) is 8.13. The van der Waals surface area contributed by atoms with Crippen LogP contribution >= 0.6 is 11.3 Å². The lowest BCUT2D eigenvalue weighted by atomic mass is 10.1. The Morgan fingerprint density at radius 3 is 2.56 bits per heavy atom. The molecule has 0 N–H and O–H groups in total. The largest absolute Gasteiger partial charge is 0.354 e. The van der Waals surface area contributed by atoms with Crippen LogP contribution in [0, 0.1) is 6.92 Å². The molecule has 8 heteroatoms. The van der Waals surface area contributed by atoms with Crippen LogP contribution in [0.4, 0.5) is 5.82 Å². The quantitative estimate of drug-likeness (QED) is 0.435. The number of pyridine rings is 3. The predicted octanol–water partition coefficient (Wildman–Crippen LogP) is 3.63. The van der Waals surface area contributed by atoms with Crippen LogP contribution in [0.2, 0.25) is 0 Å². The van der Waals surface area contributed by atoms with Crippen molar-refractivity contribution in [3.8, 4) is 10.6 Å². The number of ketones is 1. The number of aryl methyl sites for hydroxylation is 1. The number of hydrogen-bond acceptors (Lipinski definition) is 8. The fourth-order valence-electron chi connectivity index (χ4n) is 3.86. The number of fused-ring (bicyclic) bond motifs is 1. The number of thiazole rings is 1. The van der Waals surface area contributed by atoms with Crippen molar-refractivity contribution in [2.45, 2.75) is 13.3 Å². The number of likely N-dealkylation sites (N-methyl/N-ethyl adjacent to an activating group) is 1. The van der Waals surface area contributed by atoms with E-state index in [-0.39, 0.29) is 12.2 Å². The topological polar surface area (TPSA) is 75.1 Å². The van der Waals surface area contributed by atoms with Crippen molar-refractivity contribution < 1.29 is 4.79 Å². The van der Waals surface area contributed by atoms with Crippen LogP contribution in [0.25, 0.3) is 21.3 Å². The molecule has 1 fully saturated rings. The molecule has 0 atom stereocenters. The van der Waals surface area contributed by atoms with E-state index in [1.807, 2.05) is 37.5 Å². The van der Waals surface area contributed by atoms with Gasteiger partial charge < -0.3 is 9.80 Å². The first-order valence-corrected chi connectivity index (χ1v) is 11.5. The van der Waals surface area contributed by atoms with Crippen LogP contribution in [0.3, 0.4) is 0 Å². The number of rotatable bonds is 5. The summed E-state index contributed by atoms with van der Waals surface area (Å²) in [5.74, 6) is 0.910. The molecule has 4 aromatic heterocycles. The van der Waals surface area contributed by atoms with E-state index in [0.717, 1.165) is 64.0 Å². The van der Waals surface area contributed by atoms with Crippen molar-refractivity contribution in [2.24, 2.45) is 0 Å². The van der Waals surface area contributed by atoms with Crippen molar-refractivity contribution in [1.29, 1.82) is 0 Å². The Balaban J connectivity index is 1.36. The van der Waals surface area contributed by atoms with Crippen molar-refractivity contribution in [1.82, 2.24) is 24.8 Å². The summed E-state index contributed by atoms with van der Waals surface area (Å²) in [5, 5.41) is 2.98. The Morgan fingerprint density at radius 2 is 1.78 bits per heavy atom. The molecule has 7 nitrogen and oxygen atoms in total. The molecule has 0 bridgehead atoms. The van der Waals surface area contributed by atoms with Gasteiger partial charge in [-0.2, -0.15) is 0 Å². The lowest BCUT2D eigenvalue weighted by molar-refractivity contribution is 0.0992.